The molecular formula is C25H24N2O7. The van der Waals surface area contributed by atoms with E-state index in [4.69, 9.17) is 19.4 Å². The Morgan fingerprint density at radius 3 is 2.24 bits per heavy atom. The predicted molar refractivity (Wildman–Crippen MR) is 121 cm³/mol. The third-order valence-electron chi connectivity index (χ3n) is 5.61. The molecule has 0 spiro atoms. The van der Waals surface area contributed by atoms with Gasteiger partial charge in [0.25, 0.3) is 5.91 Å². The van der Waals surface area contributed by atoms with Crippen LogP contribution >= 0.6 is 0 Å². The summed E-state index contributed by atoms with van der Waals surface area (Å²) in [6, 6.07) is 19.0. The molecule has 0 unspecified atom stereocenters. The minimum Gasteiger partial charge on any atom is -0.480 e. The zero-order chi connectivity index (χ0) is 24.1. The van der Waals surface area contributed by atoms with E-state index in [2.05, 4.69) is 17.4 Å². The van der Waals surface area contributed by atoms with Crippen molar-refractivity contribution in [3.8, 4) is 11.1 Å². The summed E-state index contributed by atoms with van der Waals surface area (Å²) in [7, 11) is 0. The molecule has 4 rings (SSSR count). The van der Waals surface area contributed by atoms with Crippen molar-refractivity contribution in [2.45, 2.75) is 12.5 Å². The average molecular weight is 464 g/mol. The number of ether oxygens (including phenoxy) is 1. The molecule has 34 heavy (non-hydrogen) atoms. The Kier molecular flexibility index (Phi) is 6.93. The number of amides is 2. The van der Waals surface area contributed by atoms with Gasteiger partial charge >= 0.3 is 12.1 Å². The molecule has 0 atom stereocenters. The molecule has 1 aromatic heterocycles. The lowest BCUT2D eigenvalue weighted by atomic mass is 9.98. The van der Waals surface area contributed by atoms with Gasteiger partial charge in [-0.05, 0) is 34.4 Å². The Morgan fingerprint density at radius 1 is 0.971 bits per heavy atom. The number of nitrogens with one attached hydrogen (secondary N) is 1. The van der Waals surface area contributed by atoms with E-state index in [-0.39, 0.29) is 38.0 Å². The Morgan fingerprint density at radius 2 is 1.62 bits per heavy atom. The summed E-state index contributed by atoms with van der Waals surface area (Å²) in [5, 5.41) is 20.6. The van der Waals surface area contributed by atoms with Crippen molar-refractivity contribution >= 4 is 18.0 Å². The summed E-state index contributed by atoms with van der Waals surface area (Å²) in [6.45, 7) is -0.918. The Balaban J connectivity index is 1.33. The van der Waals surface area contributed by atoms with Crippen LogP contribution in [0.5, 0.6) is 0 Å². The largest absolute Gasteiger partial charge is 0.480 e. The van der Waals surface area contributed by atoms with Crippen molar-refractivity contribution in [2.75, 3.05) is 26.3 Å². The lowest BCUT2D eigenvalue weighted by Gasteiger charge is -2.17. The third-order valence-corrected chi connectivity index (χ3v) is 5.61. The average Bonchev–Trinajstić information content (AvgIpc) is 3.43. The highest BCUT2D eigenvalue weighted by Crippen LogP contribution is 2.44. The highest BCUT2D eigenvalue weighted by atomic mass is 16.5. The summed E-state index contributed by atoms with van der Waals surface area (Å²) < 4.78 is 10.9. The number of aliphatic carboxylic acids is 1. The molecule has 2 amide bonds. The van der Waals surface area contributed by atoms with E-state index in [1.807, 2.05) is 36.4 Å². The van der Waals surface area contributed by atoms with Gasteiger partial charge in [0.2, 0.25) is 0 Å². The first-order valence-electron chi connectivity index (χ1n) is 10.8. The molecule has 0 saturated heterocycles. The lowest BCUT2D eigenvalue weighted by molar-refractivity contribution is -0.137. The topological polar surface area (TPSA) is 129 Å². The first-order valence-corrected chi connectivity index (χ1v) is 10.8. The van der Waals surface area contributed by atoms with Crippen molar-refractivity contribution in [2.24, 2.45) is 0 Å². The number of hydrogen-bond donors (Lipinski definition) is 3. The van der Waals surface area contributed by atoms with E-state index < -0.39 is 24.5 Å². The fraction of sp³-hybridized carbons (Fsp3) is 0.240. The number of benzene rings is 2. The molecule has 0 aliphatic heterocycles. The number of alkyl carbamates (subject to hydrolysis) is 1. The SMILES string of the molecule is O=C(O)CN(CCO)C(=O)c1ccc(CNC(=O)OCC2c3ccccc3-c3ccccc32)o1. The van der Waals surface area contributed by atoms with Gasteiger partial charge in [-0.15, -0.1) is 0 Å². The van der Waals surface area contributed by atoms with Gasteiger partial charge in [0.05, 0.1) is 13.2 Å². The number of nitrogens with zero attached hydrogens (tertiary/aromatic N) is 1. The molecule has 1 aliphatic carbocycles. The molecule has 9 heteroatoms. The summed E-state index contributed by atoms with van der Waals surface area (Å²) in [5.74, 6) is -1.71. The van der Waals surface area contributed by atoms with Crippen molar-refractivity contribution in [1.29, 1.82) is 0 Å². The van der Waals surface area contributed by atoms with Crippen molar-refractivity contribution < 1.29 is 33.8 Å². The van der Waals surface area contributed by atoms with Gasteiger partial charge in [-0.2, -0.15) is 0 Å². The Bertz CT molecular complexity index is 1160. The maximum absolute atomic E-state index is 12.4. The number of hydrogen-bond acceptors (Lipinski definition) is 6. The summed E-state index contributed by atoms with van der Waals surface area (Å²) >= 11 is 0. The van der Waals surface area contributed by atoms with Crippen molar-refractivity contribution in [3.63, 3.8) is 0 Å². The van der Waals surface area contributed by atoms with Gasteiger partial charge in [-0.25, -0.2) is 4.79 Å². The second-order valence-electron chi connectivity index (χ2n) is 7.79. The highest BCUT2D eigenvalue weighted by Gasteiger charge is 2.29. The van der Waals surface area contributed by atoms with Gasteiger partial charge in [0.15, 0.2) is 5.76 Å². The van der Waals surface area contributed by atoms with Gasteiger partial charge in [0.1, 0.15) is 18.9 Å². The van der Waals surface area contributed by atoms with E-state index in [9.17, 15) is 14.4 Å². The van der Waals surface area contributed by atoms with Crippen LogP contribution in [-0.4, -0.2) is 59.4 Å². The van der Waals surface area contributed by atoms with Crippen LogP contribution in [0.1, 0.15) is 33.4 Å². The van der Waals surface area contributed by atoms with Crippen LogP contribution in [0.3, 0.4) is 0 Å². The third kappa shape index (κ3) is 4.94. The van der Waals surface area contributed by atoms with Crippen molar-refractivity contribution in [1.82, 2.24) is 10.2 Å². The summed E-state index contributed by atoms with van der Waals surface area (Å²) in [5.41, 5.74) is 4.50. The van der Waals surface area contributed by atoms with Crippen LogP contribution in [-0.2, 0) is 16.1 Å². The number of rotatable bonds is 9. The maximum atomic E-state index is 12.4. The molecule has 3 aromatic rings. The molecule has 9 nitrogen and oxygen atoms in total. The number of aliphatic hydroxyl groups is 1. The maximum Gasteiger partial charge on any atom is 0.407 e. The smallest absolute Gasteiger partial charge is 0.407 e. The molecule has 0 bridgehead atoms. The number of furan rings is 1. The first kappa shape index (κ1) is 23.1. The number of carbonyl (C=O) groups is 3. The monoisotopic (exact) mass is 464 g/mol. The number of carboxylic acids is 1. The van der Waals surface area contributed by atoms with E-state index in [1.54, 1.807) is 0 Å². The molecule has 0 saturated carbocycles. The minimum atomic E-state index is -1.20. The van der Waals surface area contributed by atoms with E-state index in [0.717, 1.165) is 27.2 Å². The van der Waals surface area contributed by atoms with Crippen LogP contribution in [0.4, 0.5) is 4.79 Å². The minimum absolute atomic E-state index is 0.0110. The molecule has 176 valence electrons. The summed E-state index contributed by atoms with van der Waals surface area (Å²) in [6.07, 6.45) is -0.626. The first-order chi connectivity index (χ1) is 16.5. The molecule has 1 aliphatic rings. The second kappa shape index (κ2) is 10.2. The quantitative estimate of drug-likeness (QED) is 0.444. The van der Waals surface area contributed by atoms with E-state index >= 15 is 0 Å². The molecule has 3 N–H and O–H groups in total. The van der Waals surface area contributed by atoms with E-state index in [0.29, 0.717) is 5.76 Å². The zero-order valence-electron chi connectivity index (χ0n) is 18.3. The van der Waals surface area contributed by atoms with E-state index in [1.165, 1.54) is 12.1 Å². The predicted octanol–water partition coefficient (Wildman–Crippen LogP) is 2.84. The Hall–Kier alpha value is -4.11. The molecular weight excluding hydrogens is 440 g/mol. The number of carbonyl (C=O) groups excluding carboxylic acids is 2. The second-order valence-corrected chi connectivity index (χ2v) is 7.79. The standard InChI is InChI=1S/C25H24N2O7/c28-12-11-27(14-23(29)30)24(31)22-10-9-16(34-22)13-26-25(32)33-15-21-19-7-3-1-5-17(19)18-6-2-4-8-20(18)21/h1-10,21,28H,11-15H2,(H,26,32)(H,29,30). The summed E-state index contributed by atoms with van der Waals surface area (Å²) in [4.78, 5) is 36.6. The van der Waals surface area contributed by atoms with Crippen LogP contribution in [0.15, 0.2) is 65.1 Å². The Labute approximate surface area is 195 Å². The number of aliphatic hydroxyl groups excluding tert-OH is 1. The van der Waals surface area contributed by atoms with Crippen LogP contribution in [0.25, 0.3) is 11.1 Å². The number of fused-ring (bicyclic) bond motifs is 3. The fourth-order valence-electron chi connectivity index (χ4n) is 4.09. The van der Waals surface area contributed by atoms with Gasteiger partial charge in [-0.1, -0.05) is 48.5 Å². The van der Waals surface area contributed by atoms with Crippen molar-refractivity contribution in [3.05, 3.63) is 83.3 Å². The lowest BCUT2D eigenvalue weighted by Crippen LogP contribution is -2.37. The molecule has 1 heterocycles. The van der Waals surface area contributed by atoms with Gasteiger partial charge in [-0.3, -0.25) is 9.59 Å². The highest BCUT2D eigenvalue weighted by molar-refractivity contribution is 5.93. The van der Waals surface area contributed by atoms with Crippen LogP contribution < -0.4 is 5.32 Å². The normalized spacial score (nSPS) is 12.0. The zero-order valence-corrected chi connectivity index (χ0v) is 18.3. The molecule has 0 radical (unpaired) electrons. The molecule has 0 fully saturated rings. The van der Waals surface area contributed by atoms with Gasteiger partial charge in [0, 0.05) is 12.5 Å². The fourth-order valence-corrected chi connectivity index (χ4v) is 4.09. The van der Waals surface area contributed by atoms with Crippen LogP contribution in [0, 0.1) is 0 Å². The van der Waals surface area contributed by atoms with Gasteiger partial charge < -0.3 is 29.6 Å². The van der Waals surface area contributed by atoms with Crippen LogP contribution in [0.2, 0.25) is 0 Å². The number of carboxylic acid groups (broad SMARTS) is 1. The molecule has 2 aromatic carbocycles.